The molecule has 0 aliphatic heterocycles. The van der Waals surface area contributed by atoms with Crippen LogP contribution in [0.25, 0.3) is 0 Å². The molecule has 0 unspecified atom stereocenters. The van der Waals surface area contributed by atoms with E-state index in [1.807, 2.05) is 11.9 Å². The van der Waals surface area contributed by atoms with Crippen LogP contribution in [0.15, 0.2) is 17.5 Å². The first-order chi connectivity index (χ1) is 7.09. The molecule has 0 aliphatic rings. The average Bonchev–Trinajstić information content (AvgIpc) is 2.65. The molecular weight excluding hydrogens is 206 g/mol. The molecule has 2 nitrogen and oxygen atoms in total. The largest absolute Gasteiger partial charge is 0.345 e. The summed E-state index contributed by atoms with van der Waals surface area (Å²) < 4.78 is 0. The molecule has 0 radical (unpaired) electrons. The smallest absolute Gasteiger partial charge is 0.222 e. The molecule has 1 amide bonds. The third-order valence-electron chi connectivity index (χ3n) is 2.28. The number of amides is 1. The number of carbonyl (C=O) groups is 1. The minimum atomic E-state index is 0.251. The molecule has 0 saturated heterocycles. The zero-order valence-corrected chi connectivity index (χ0v) is 10.5. The lowest BCUT2D eigenvalue weighted by atomic mass is 10.1. The average molecular weight is 225 g/mol. The van der Waals surface area contributed by atoms with Crippen LogP contribution in [0.3, 0.4) is 0 Å². The fourth-order valence-corrected chi connectivity index (χ4v) is 2.06. The second-order valence-electron chi connectivity index (χ2n) is 4.24. The van der Waals surface area contributed by atoms with E-state index in [4.69, 9.17) is 0 Å². The predicted octanol–water partition coefficient (Wildman–Crippen LogP) is 2.80. The predicted molar refractivity (Wildman–Crippen MR) is 65.1 cm³/mol. The van der Waals surface area contributed by atoms with Crippen molar-refractivity contribution in [1.29, 1.82) is 0 Å². The number of hydrogen-bond acceptors (Lipinski definition) is 2. The number of nitrogens with zero attached hydrogens (tertiary/aromatic N) is 1. The Kier molecular flexibility index (Phi) is 4.82. The Morgan fingerprint density at radius 2 is 2.27 bits per heavy atom. The van der Waals surface area contributed by atoms with Crippen LogP contribution < -0.4 is 0 Å². The summed E-state index contributed by atoms with van der Waals surface area (Å²) in [6.07, 6.45) is 1.62. The molecular formula is C12H19NOS. The molecule has 1 aromatic heterocycles. The van der Waals surface area contributed by atoms with E-state index in [0.717, 1.165) is 13.0 Å². The summed E-state index contributed by atoms with van der Waals surface area (Å²) in [7, 11) is 1.89. The Labute approximate surface area is 95.9 Å². The molecule has 0 atom stereocenters. The zero-order chi connectivity index (χ0) is 11.3. The van der Waals surface area contributed by atoms with Crippen LogP contribution in [-0.2, 0) is 11.2 Å². The van der Waals surface area contributed by atoms with E-state index in [-0.39, 0.29) is 5.91 Å². The SMILES string of the molecule is CC(C)CC(=O)N(C)CCc1cccs1. The number of carbonyl (C=O) groups excluding carboxylic acids is 1. The van der Waals surface area contributed by atoms with Gasteiger partial charge in [-0.25, -0.2) is 0 Å². The van der Waals surface area contributed by atoms with Gasteiger partial charge >= 0.3 is 0 Å². The highest BCUT2D eigenvalue weighted by molar-refractivity contribution is 7.09. The Morgan fingerprint density at radius 3 is 2.80 bits per heavy atom. The fourth-order valence-electron chi connectivity index (χ4n) is 1.36. The van der Waals surface area contributed by atoms with E-state index in [1.165, 1.54) is 4.88 Å². The van der Waals surface area contributed by atoms with E-state index < -0.39 is 0 Å². The van der Waals surface area contributed by atoms with Crippen molar-refractivity contribution < 1.29 is 4.79 Å². The molecule has 1 aromatic rings. The maximum Gasteiger partial charge on any atom is 0.222 e. The van der Waals surface area contributed by atoms with E-state index >= 15 is 0 Å². The second-order valence-corrected chi connectivity index (χ2v) is 5.27. The third-order valence-corrected chi connectivity index (χ3v) is 3.22. The van der Waals surface area contributed by atoms with Crippen molar-refractivity contribution in [1.82, 2.24) is 4.90 Å². The van der Waals surface area contributed by atoms with Gasteiger partial charge in [0.1, 0.15) is 0 Å². The highest BCUT2D eigenvalue weighted by Gasteiger charge is 2.10. The lowest BCUT2D eigenvalue weighted by molar-refractivity contribution is -0.130. The van der Waals surface area contributed by atoms with Crippen LogP contribution >= 0.6 is 11.3 Å². The maximum atomic E-state index is 11.6. The Hall–Kier alpha value is -0.830. The van der Waals surface area contributed by atoms with Crippen LogP contribution in [-0.4, -0.2) is 24.4 Å². The quantitative estimate of drug-likeness (QED) is 0.754. The van der Waals surface area contributed by atoms with Crippen LogP contribution in [0.1, 0.15) is 25.1 Å². The molecule has 0 aliphatic carbocycles. The molecule has 1 heterocycles. The first-order valence-electron chi connectivity index (χ1n) is 5.36. The Bertz CT molecular complexity index is 293. The minimum absolute atomic E-state index is 0.251. The van der Waals surface area contributed by atoms with Crippen LogP contribution in [0.4, 0.5) is 0 Å². The molecule has 0 aromatic carbocycles. The zero-order valence-electron chi connectivity index (χ0n) is 9.69. The molecule has 0 bridgehead atoms. The Morgan fingerprint density at radius 1 is 1.53 bits per heavy atom. The molecule has 3 heteroatoms. The van der Waals surface area contributed by atoms with Gasteiger partial charge in [0.25, 0.3) is 0 Å². The van der Waals surface area contributed by atoms with Gasteiger partial charge < -0.3 is 4.90 Å². The minimum Gasteiger partial charge on any atom is -0.345 e. The summed E-state index contributed by atoms with van der Waals surface area (Å²) >= 11 is 1.75. The van der Waals surface area contributed by atoms with Gasteiger partial charge in [-0.15, -0.1) is 11.3 Å². The molecule has 1 rings (SSSR count). The standard InChI is InChI=1S/C12H19NOS/c1-10(2)9-12(14)13(3)7-6-11-5-4-8-15-11/h4-5,8,10H,6-7,9H2,1-3H3. The van der Waals surface area contributed by atoms with E-state index in [9.17, 15) is 4.79 Å². The van der Waals surface area contributed by atoms with Gasteiger partial charge in [0.2, 0.25) is 5.91 Å². The topological polar surface area (TPSA) is 20.3 Å². The second kappa shape index (κ2) is 5.91. The van der Waals surface area contributed by atoms with E-state index in [2.05, 4.69) is 31.4 Å². The molecule has 0 N–H and O–H groups in total. The lowest BCUT2D eigenvalue weighted by Gasteiger charge is -2.17. The van der Waals surface area contributed by atoms with Gasteiger partial charge in [-0.05, 0) is 23.8 Å². The molecule has 0 spiro atoms. The normalized spacial score (nSPS) is 10.7. The third kappa shape index (κ3) is 4.47. The fraction of sp³-hybridized carbons (Fsp3) is 0.583. The highest BCUT2D eigenvalue weighted by Crippen LogP contribution is 2.10. The lowest BCUT2D eigenvalue weighted by Crippen LogP contribution is -2.29. The summed E-state index contributed by atoms with van der Waals surface area (Å²) in [4.78, 5) is 14.8. The van der Waals surface area contributed by atoms with Crippen molar-refractivity contribution in [2.24, 2.45) is 5.92 Å². The van der Waals surface area contributed by atoms with Gasteiger partial charge in [-0.3, -0.25) is 4.79 Å². The summed E-state index contributed by atoms with van der Waals surface area (Å²) in [5.41, 5.74) is 0. The van der Waals surface area contributed by atoms with Crippen LogP contribution in [0.2, 0.25) is 0 Å². The Balaban J connectivity index is 2.29. The van der Waals surface area contributed by atoms with Crippen molar-refractivity contribution in [3.8, 4) is 0 Å². The molecule has 15 heavy (non-hydrogen) atoms. The highest BCUT2D eigenvalue weighted by atomic mass is 32.1. The number of likely N-dealkylation sites (N-methyl/N-ethyl adjacent to an activating group) is 1. The van der Waals surface area contributed by atoms with Gasteiger partial charge in [-0.1, -0.05) is 19.9 Å². The van der Waals surface area contributed by atoms with Crippen LogP contribution in [0.5, 0.6) is 0 Å². The number of hydrogen-bond donors (Lipinski definition) is 0. The van der Waals surface area contributed by atoms with Crippen molar-refractivity contribution in [3.63, 3.8) is 0 Å². The molecule has 84 valence electrons. The van der Waals surface area contributed by atoms with Gasteiger partial charge in [0, 0.05) is 24.9 Å². The first-order valence-corrected chi connectivity index (χ1v) is 6.24. The number of thiophene rings is 1. The number of rotatable bonds is 5. The summed E-state index contributed by atoms with van der Waals surface area (Å²) in [5, 5.41) is 2.07. The first kappa shape index (κ1) is 12.2. The molecule has 0 saturated carbocycles. The van der Waals surface area contributed by atoms with E-state index in [0.29, 0.717) is 12.3 Å². The maximum absolute atomic E-state index is 11.6. The monoisotopic (exact) mass is 225 g/mol. The van der Waals surface area contributed by atoms with Gasteiger partial charge in [0.15, 0.2) is 0 Å². The molecule has 0 fully saturated rings. The van der Waals surface area contributed by atoms with Gasteiger partial charge in [-0.2, -0.15) is 0 Å². The van der Waals surface area contributed by atoms with Crippen molar-refractivity contribution in [2.75, 3.05) is 13.6 Å². The summed E-state index contributed by atoms with van der Waals surface area (Å²) in [5.74, 6) is 0.697. The van der Waals surface area contributed by atoms with Crippen LogP contribution in [0, 0.1) is 5.92 Å². The van der Waals surface area contributed by atoms with Gasteiger partial charge in [0.05, 0.1) is 0 Å². The summed E-state index contributed by atoms with van der Waals surface area (Å²) in [6.45, 7) is 4.97. The van der Waals surface area contributed by atoms with Crippen molar-refractivity contribution in [2.45, 2.75) is 26.7 Å². The van der Waals surface area contributed by atoms with Crippen molar-refractivity contribution >= 4 is 17.2 Å². The van der Waals surface area contributed by atoms with Crippen molar-refractivity contribution in [3.05, 3.63) is 22.4 Å². The van der Waals surface area contributed by atoms with E-state index in [1.54, 1.807) is 11.3 Å². The summed E-state index contributed by atoms with van der Waals surface area (Å²) in [6, 6.07) is 4.17.